The highest BCUT2D eigenvalue weighted by Gasteiger charge is 2.55. The van der Waals surface area contributed by atoms with Gasteiger partial charge in [0, 0.05) is 18.3 Å². The van der Waals surface area contributed by atoms with Crippen molar-refractivity contribution in [2.24, 2.45) is 0 Å². The fourth-order valence-electron chi connectivity index (χ4n) is 3.78. The van der Waals surface area contributed by atoms with E-state index >= 15 is 0 Å². The van der Waals surface area contributed by atoms with Gasteiger partial charge < -0.3 is 9.64 Å². The van der Waals surface area contributed by atoms with Gasteiger partial charge in [-0.25, -0.2) is 8.42 Å². The molecule has 4 nitrogen and oxygen atoms in total. The lowest BCUT2D eigenvalue weighted by Gasteiger charge is -2.42. The van der Waals surface area contributed by atoms with Crippen LogP contribution >= 0.6 is 15.9 Å². The molecular formula is C22H28BrNO3S. The van der Waals surface area contributed by atoms with E-state index in [9.17, 15) is 8.42 Å². The van der Waals surface area contributed by atoms with E-state index in [1.807, 2.05) is 56.3 Å². The Balaban J connectivity index is 2.30. The summed E-state index contributed by atoms with van der Waals surface area (Å²) in [6.45, 7) is 6.36. The summed E-state index contributed by atoms with van der Waals surface area (Å²) < 4.78 is 31.5. The van der Waals surface area contributed by atoms with Gasteiger partial charge in [-0.05, 0) is 44.5 Å². The van der Waals surface area contributed by atoms with E-state index < -0.39 is 18.9 Å². The van der Waals surface area contributed by atoms with E-state index in [-0.39, 0.29) is 0 Å². The maximum Gasteiger partial charge on any atom is 0.187 e. The van der Waals surface area contributed by atoms with Gasteiger partial charge in [-0.1, -0.05) is 53.9 Å². The Kier molecular flexibility index (Phi) is 5.84. The van der Waals surface area contributed by atoms with E-state index in [4.69, 9.17) is 4.74 Å². The van der Waals surface area contributed by atoms with Gasteiger partial charge in [0.15, 0.2) is 9.84 Å². The maximum atomic E-state index is 13.9. The van der Waals surface area contributed by atoms with Gasteiger partial charge in [0.05, 0.1) is 26.8 Å². The number of anilines is 2. The van der Waals surface area contributed by atoms with Crippen LogP contribution < -0.4 is 9.64 Å². The molecule has 2 aromatic rings. The zero-order valence-corrected chi connectivity index (χ0v) is 19.3. The van der Waals surface area contributed by atoms with Crippen LogP contribution in [-0.2, 0) is 9.84 Å². The first-order valence-electron chi connectivity index (χ1n) is 9.62. The molecule has 28 heavy (non-hydrogen) atoms. The molecule has 1 unspecified atom stereocenters. The molecule has 2 aromatic carbocycles. The lowest BCUT2D eigenvalue weighted by molar-refractivity contribution is 0.412. The van der Waals surface area contributed by atoms with Crippen LogP contribution in [0.4, 0.5) is 11.4 Å². The molecule has 0 radical (unpaired) electrons. The SMILES string of the molecule is CCCCC1(Br)CN(c2ccccc2)c2ccc(OC)cc2S(=O)(=O)C1(C)C. The number of methoxy groups -OCH3 is 1. The summed E-state index contributed by atoms with van der Waals surface area (Å²) in [4.78, 5) is 2.43. The number of hydrogen-bond donors (Lipinski definition) is 0. The minimum absolute atomic E-state index is 0.318. The first-order chi connectivity index (χ1) is 13.2. The highest BCUT2D eigenvalue weighted by molar-refractivity contribution is 9.10. The van der Waals surface area contributed by atoms with Crippen molar-refractivity contribution < 1.29 is 13.2 Å². The number of sulfone groups is 1. The van der Waals surface area contributed by atoms with Crippen molar-refractivity contribution in [3.05, 3.63) is 48.5 Å². The summed E-state index contributed by atoms with van der Waals surface area (Å²) in [7, 11) is -2.08. The number of nitrogens with zero attached hydrogens (tertiary/aromatic N) is 1. The van der Waals surface area contributed by atoms with Crippen LogP contribution in [0.15, 0.2) is 53.4 Å². The molecule has 1 aliphatic rings. The molecule has 0 fully saturated rings. The Morgan fingerprint density at radius 1 is 1.14 bits per heavy atom. The Labute approximate surface area is 176 Å². The third-order valence-corrected chi connectivity index (χ3v) is 10.4. The lowest BCUT2D eigenvalue weighted by atomic mass is 9.88. The van der Waals surface area contributed by atoms with Gasteiger partial charge in [-0.15, -0.1) is 0 Å². The Bertz CT molecular complexity index is 944. The summed E-state index contributed by atoms with van der Waals surface area (Å²) in [5.74, 6) is 0.543. The van der Waals surface area contributed by atoms with E-state index in [0.29, 0.717) is 22.9 Å². The Morgan fingerprint density at radius 3 is 2.43 bits per heavy atom. The molecule has 0 spiro atoms. The van der Waals surface area contributed by atoms with Crippen molar-refractivity contribution in [3.63, 3.8) is 0 Å². The van der Waals surface area contributed by atoms with E-state index in [0.717, 1.165) is 24.9 Å². The van der Waals surface area contributed by atoms with Gasteiger partial charge in [-0.3, -0.25) is 0 Å². The molecule has 1 atom stereocenters. The Morgan fingerprint density at radius 2 is 1.82 bits per heavy atom. The first-order valence-corrected chi connectivity index (χ1v) is 11.9. The molecule has 0 saturated carbocycles. The molecule has 152 valence electrons. The zero-order valence-electron chi connectivity index (χ0n) is 16.9. The maximum absolute atomic E-state index is 13.9. The number of para-hydroxylation sites is 1. The number of benzene rings is 2. The number of hydrogen-bond acceptors (Lipinski definition) is 4. The molecule has 1 aliphatic heterocycles. The summed E-state index contributed by atoms with van der Waals surface area (Å²) in [5, 5.41) is 0. The summed E-state index contributed by atoms with van der Waals surface area (Å²) in [5.41, 5.74) is 1.67. The summed E-state index contributed by atoms with van der Waals surface area (Å²) in [6, 6.07) is 15.3. The predicted molar refractivity (Wildman–Crippen MR) is 119 cm³/mol. The van der Waals surface area contributed by atoms with Crippen LogP contribution in [0.5, 0.6) is 5.75 Å². The second-order valence-corrected chi connectivity index (χ2v) is 11.8. The molecule has 0 amide bonds. The molecule has 0 aromatic heterocycles. The molecule has 0 N–H and O–H groups in total. The second kappa shape index (κ2) is 7.71. The van der Waals surface area contributed by atoms with Gasteiger partial charge >= 0.3 is 0 Å². The summed E-state index contributed by atoms with van der Waals surface area (Å²) in [6.07, 6.45) is 2.73. The van der Waals surface area contributed by atoms with E-state index in [1.54, 1.807) is 13.2 Å². The third-order valence-electron chi connectivity index (χ3n) is 5.90. The van der Waals surface area contributed by atoms with Crippen molar-refractivity contribution in [2.75, 3.05) is 18.6 Å². The minimum Gasteiger partial charge on any atom is -0.497 e. The van der Waals surface area contributed by atoms with Crippen molar-refractivity contribution in [3.8, 4) is 5.75 Å². The zero-order chi connectivity index (χ0) is 20.6. The standard InChI is InChI=1S/C22H28BrNO3S/c1-5-6-14-22(23)16-24(17-10-8-7-9-11-17)19-13-12-18(27-4)15-20(19)28(25,26)21(22,2)3/h7-13,15H,5-6,14,16H2,1-4H3. The van der Waals surface area contributed by atoms with E-state index in [1.165, 1.54) is 0 Å². The van der Waals surface area contributed by atoms with Crippen molar-refractivity contribution in [1.82, 2.24) is 0 Å². The van der Waals surface area contributed by atoms with Crippen LogP contribution in [0.3, 0.4) is 0 Å². The number of alkyl halides is 1. The van der Waals surface area contributed by atoms with Gasteiger partial charge in [0.2, 0.25) is 0 Å². The van der Waals surface area contributed by atoms with Crippen LogP contribution in [0, 0.1) is 0 Å². The summed E-state index contributed by atoms with van der Waals surface area (Å²) >= 11 is 3.92. The largest absolute Gasteiger partial charge is 0.497 e. The molecule has 0 bridgehead atoms. The van der Waals surface area contributed by atoms with Crippen LogP contribution in [0.25, 0.3) is 0 Å². The normalized spacial score (nSPS) is 23.0. The second-order valence-electron chi connectivity index (χ2n) is 7.84. The average Bonchev–Trinajstić information content (AvgIpc) is 2.74. The topological polar surface area (TPSA) is 46.6 Å². The first kappa shape index (κ1) is 21.2. The van der Waals surface area contributed by atoms with Crippen molar-refractivity contribution in [1.29, 1.82) is 0 Å². The van der Waals surface area contributed by atoms with Gasteiger partial charge in [-0.2, -0.15) is 0 Å². The molecule has 3 rings (SSSR count). The number of unbranched alkanes of at least 4 members (excludes halogenated alkanes) is 1. The lowest BCUT2D eigenvalue weighted by Crippen LogP contribution is -2.54. The highest BCUT2D eigenvalue weighted by atomic mass is 79.9. The number of rotatable bonds is 5. The third kappa shape index (κ3) is 3.35. The number of halogens is 1. The fourth-order valence-corrected chi connectivity index (χ4v) is 6.87. The molecule has 1 heterocycles. The van der Waals surface area contributed by atoms with Crippen LogP contribution in [0.1, 0.15) is 40.0 Å². The fraction of sp³-hybridized carbons (Fsp3) is 0.455. The minimum atomic E-state index is -3.64. The van der Waals surface area contributed by atoms with Gasteiger partial charge in [0.25, 0.3) is 0 Å². The molecule has 0 saturated heterocycles. The highest BCUT2D eigenvalue weighted by Crippen LogP contribution is 2.51. The number of ether oxygens (including phenoxy) is 1. The molecular weight excluding hydrogens is 438 g/mol. The molecule has 0 aliphatic carbocycles. The van der Waals surface area contributed by atoms with Crippen LogP contribution in [-0.4, -0.2) is 31.1 Å². The van der Waals surface area contributed by atoms with Crippen molar-refractivity contribution in [2.45, 2.75) is 54.0 Å². The quantitative estimate of drug-likeness (QED) is 0.529. The molecule has 6 heteroatoms. The number of fused-ring (bicyclic) bond motifs is 1. The predicted octanol–water partition coefficient (Wildman–Crippen LogP) is 5.72. The monoisotopic (exact) mass is 465 g/mol. The Hall–Kier alpha value is -1.53. The average molecular weight is 466 g/mol. The van der Waals surface area contributed by atoms with E-state index in [2.05, 4.69) is 27.8 Å². The van der Waals surface area contributed by atoms with Gasteiger partial charge in [0.1, 0.15) is 5.75 Å². The smallest absolute Gasteiger partial charge is 0.187 e. The van der Waals surface area contributed by atoms with Crippen molar-refractivity contribution >= 4 is 37.1 Å². The van der Waals surface area contributed by atoms with Crippen LogP contribution in [0.2, 0.25) is 0 Å².